The van der Waals surface area contributed by atoms with E-state index in [9.17, 15) is 21.6 Å². The number of hydrogen-bond donors (Lipinski definition) is 2. The topological polar surface area (TPSA) is 83.5 Å². The van der Waals surface area contributed by atoms with Crippen molar-refractivity contribution in [2.45, 2.75) is 19.1 Å². The molecule has 0 bridgehead atoms. The summed E-state index contributed by atoms with van der Waals surface area (Å²) in [6.45, 7) is 2.87. The number of carbonyl (C=O) groups is 1. The predicted molar refractivity (Wildman–Crippen MR) is 54.4 cm³/mol. The minimum absolute atomic E-state index is 0.334. The first kappa shape index (κ1) is 16.2. The van der Waals surface area contributed by atoms with Crippen LogP contribution in [0.5, 0.6) is 0 Å². The Labute approximate surface area is 96.9 Å². The maximum absolute atomic E-state index is 10.8. The largest absolute Gasteiger partial charge is 0.490 e. The molecule has 1 heterocycles. The Balaban J connectivity index is 0.000000325. The molecule has 0 radical (unpaired) electrons. The van der Waals surface area contributed by atoms with Crippen LogP contribution in [0.15, 0.2) is 0 Å². The Kier molecular flexibility index (Phi) is 5.40. The molecule has 102 valence electrons. The maximum atomic E-state index is 10.8. The van der Waals surface area contributed by atoms with Gasteiger partial charge in [-0.3, -0.25) is 0 Å². The lowest BCUT2D eigenvalue weighted by molar-refractivity contribution is -0.192. The second-order valence-corrected chi connectivity index (χ2v) is 6.04. The Morgan fingerprint density at radius 2 is 1.88 bits per heavy atom. The van der Waals surface area contributed by atoms with Gasteiger partial charge in [0.15, 0.2) is 0 Å². The standard InChI is InChI=1S/C6H13NO2S.C2HF3O2/c1-5-6(3-7-5)4-10(2,8)9;3-2(4,5)1(6)7/h5-7H,3-4H2,1-2H3;(H,6,7). The Morgan fingerprint density at radius 1 is 1.47 bits per heavy atom. The van der Waals surface area contributed by atoms with Crippen LogP contribution in [0.1, 0.15) is 6.92 Å². The molecule has 5 nitrogen and oxygen atoms in total. The number of sulfone groups is 1. The molecule has 9 heteroatoms. The van der Waals surface area contributed by atoms with Gasteiger partial charge in [0.25, 0.3) is 0 Å². The summed E-state index contributed by atoms with van der Waals surface area (Å²) >= 11 is 0. The van der Waals surface area contributed by atoms with Gasteiger partial charge in [-0.25, -0.2) is 13.2 Å². The van der Waals surface area contributed by atoms with Crippen LogP contribution in [0.2, 0.25) is 0 Å². The first-order valence-electron chi connectivity index (χ1n) is 4.64. The minimum Gasteiger partial charge on any atom is -0.475 e. The van der Waals surface area contributed by atoms with Gasteiger partial charge in [-0.05, 0) is 6.92 Å². The fraction of sp³-hybridized carbons (Fsp3) is 0.875. The van der Waals surface area contributed by atoms with Gasteiger partial charge in [-0.15, -0.1) is 0 Å². The van der Waals surface area contributed by atoms with Crippen LogP contribution in [-0.4, -0.2) is 50.3 Å². The van der Waals surface area contributed by atoms with Gasteiger partial charge >= 0.3 is 12.1 Å². The number of alkyl halides is 3. The molecule has 2 N–H and O–H groups in total. The number of aliphatic carboxylic acids is 1. The maximum Gasteiger partial charge on any atom is 0.490 e. The molecule has 0 saturated carbocycles. The van der Waals surface area contributed by atoms with Crippen molar-refractivity contribution in [3.8, 4) is 0 Å². The van der Waals surface area contributed by atoms with Crippen LogP contribution in [0.3, 0.4) is 0 Å². The van der Waals surface area contributed by atoms with Crippen molar-refractivity contribution in [3.63, 3.8) is 0 Å². The molecule has 1 rings (SSSR count). The van der Waals surface area contributed by atoms with E-state index in [1.165, 1.54) is 6.26 Å². The lowest BCUT2D eigenvalue weighted by Crippen LogP contribution is -2.53. The van der Waals surface area contributed by atoms with Crippen molar-refractivity contribution < 1.29 is 31.5 Å². The highest BCUT2D eigenvalue weighted by molar-refractivity contribution is 7.90. The second kappa shape index (κ2) is 5.67. The molecule has 0 aromatic rings. The molecule has 0 amide bonds. The predicted octanol–water partition coefficient (Wildman–Crippen LogP) is 0.272. The van der Waals surface area contributed by atoms with Crippen LogP contribution in [0, 0.1) is 5.92 Å². The van der Waals surface area contributed by atoms with E-state index in [0.29, 0.717) is 17.7 Å². The minimum atomic E-state index is -5.08. The van der Waals surface area contributed by atoms with Crippen molar-refractivity contribution in [2.75, 3.05) is 18.6 Å². The van der Waals surface area contributed by atoms with Gasteiger partial charge < -0.3 is 10.4 Å². The molecule has 17 heavy (non-hydrogen) atoms. The number of nitrogens with one attached hydrogen (secondary N) is 1. The van der Waals surface area contributed by atoms with E-state index in [4.69, 9.17) is 9.90 Å². The smallest absolute Gasteiger partial charge is 0.475 e. The SMILES string of the molecule is CC1NCC1CS(C)(=O)=O.O=C(O)C(F)(F)F. The molecule has 2 atom stereocenters. The third-order valence-corrected chi connectivity index (χ3v) is 3.20. The van der Waals surface area contributed by atoms with Gasteiger partial charge in [-0.2, -0.15) is 13.2 Å². The van der Waals surface area contributed by atoms with Crippen LogP contribution < -0.4 is 5.32 Å². The van der Waals surface area contributed by atoms with E-state index in [2.05, 4.69) is 5.32 Å². The molecular formula is C8H14F3NO4S. The molecule has 1 aliphatic heterocycles. The molecule has 1 fully saturated rings. The van der Waals surface area contributed by atoms with E-state index in [0.717, 1.165) is 6.54 Å². The Morgan fingerprint density at radius 3 is 1.94 bits per heavy atom. The number of carboxylic acid groups (broad SMARTS) is 1. The highest BCUT2D eigenvalue weighted by Crippen LogP contribution is 2.14. The summed E-state index contributed by atoms with van der Waals surface area (Å²) in [4.78, 5) is 8.90. The molecule has 1 saturated heterocycles. The van der Waals surface area contributed by atoms with Crippen molar-refractivity contribution in [2.24, 2.45) is 5.92 Å². The van der Waals surface area contributed by atoms with Gasteiger partial charge in [0.05, 0.1) is 5.75 Å². The van der Waals surface area contributed by atoms with Gasteiger partial charge in [0, 0.05) is 24.8 Å². The molecule has 0 spiro atoms. The van der Waals surface area contributed by atoms with E-state index < -0.39 is 22.0 Å². The molecule has 0 aliphatic carbocycles. The molecule has 0 aromatic heterocycles. The number of hydrogen-bond acceptors (Lipinski definition) is 4. The highest BCUT2D eigenvalue weighted by atomic mass is 32.2. The number of rotatable bonds is 2. The van der Waals surface area contributed by atoms with Crippen LogP contribution >= 0.6 is 0 Å². The summed E-state index contributed by atoms with van der Waals surface area (Å²) in [5.41, 5.74) is 0. The summed E-state index contributed by atoms with van der Waals surface area (Å²) in [6, 6.07) is 0.384. The first-order chi connectivity index (χ1) is 7.43. The average molecular weight is 277 g/mol. The molecule has 0 aromatic carbocycles. The molecule has 2 unspecified atom stereocenters. The average Bonchev–Trinajstić information content (AvgIpc) is 2.10. The summed E-state index contributed by atoms with van der Waals surface area (Å²) < 4.78 is 53.2. The first-order valence-corrected chi connectivity index (χ1v) is 6.70. The van der Waals surface area contributed by atoms with Gasteiger partial charge in [-0.1, -0.05) is 0 Å². The van der Waals surface area contributed by atoms with Crippen molar-refractivity contribution >= 4 is 15.8 Å². The van der Waals surface area contributed by atoms with Crippen LogP contribution in [-0.2, 0) is 14.6 Å². The number of carboxylic acids is 1. The van der Waals surface area contributed by atoms with Crippen molar-refractivity contribution in [3.05, 3.63) is 0 Å². The summed E-state index contributed by atoms with van der Waals surface area (Å²) in [5.74, 6) is -2.08. The Hall–Kier alpha value is -0.830. The fourth-order valence-electron chi connectivity index (χ4n) is 1.11. The quantitative estimate of drug-likeness (QED) is 0.757. The van der Waals surface area contributed by atoms with E-state index in [-0.39, 0.29) is 0 Å². The van der Waals surface area contributed by atoms with Crippen molar-refractivity contribution in [1.29, 1.82) is 0 Å². The van der Waals surface area contributed by atoms with Crippen molar-refractivity contribution in [1.82, 2.24) is 5.32 Å². The zero-order valence-electron chi connectivity index (χ0n) is 9.28. The monoisotopic (exact) mass is 277 g/mol. The zero-order chi connectivity index (χ0) is 13.9. The fourth-order valence-corrected chi connectivity index (χ4v) is 2.30. The van der Waals surface area contributed by atoms with E-state index in [1.54, 1.807) is 0 Å². The van der Waals surface area contributed by atoms with E-state index >= 15 is 0 Å². The second-order valence-electron chi connectivity index (χ2n) is 3.85. The highest BCUT2D eigenvalue weighted by Gasteiger charge is 2.38. The van der Waals surface area contributed by atoms with Gasteiger partial charge in [0.1, 0.15) is 9.84 Å². The molecule has 1 aliphatic rings. The summed E-state index contributed by atoms with van der Waals surface area (Å²) in [7, 11) is -2.76. The number of halogens is 3. The lowest BCUT2D eigenvalue weighted by Gasteiger charge is -2.34. The Bertz CT molecular complexity index is 365. The summed E-state index contributed by atoms with van der Waals surface area (Å²) in [5, 5.41) is 10.2. The third kappa shape index (κ3) is 7.16. The molecular weight excluding hydrogens is 263 g/mol. The van der Waals surface area contributed by atoms with Crippen LogP contribution in [0.4, 0.5) is 13.2 Å². The third-order valence-electron chi connectivity index (χ3n) is 2.17. The van der Waals surface area contributed by atoms with E-state index in [1.807, 2.05) is 6.92 Å². The lowest BCUT2D eigenvalue weighted by atomic mass is 9.96. The normalized spacial score (nSPS) is 24.3. The van der Waals surface area contributed by atoms with Crippen LogP contribution in [0.25, 0.3) is 0 Å². The zero-order valence-corrected chi connectivity index (χ0v) is 10.1. The van der Waals surface area contributed by atoms with Gasteiger partial charge in [0.2, 0.25) is 0 Å². The summed E-state index contributed by atoms with van der Waals surface area (Å²) in [6.07, 6.45) is -3.79.